The fourth-order valence-electron chi connectivity index (χ4n) is 3.40. The van der Waals surface area contributed by atoms with Crippen LogP contribution in [0.25, 0.3) is 17.0 Å². The third-order valence-electron chi connectivity index (χ3n) is 5.04. The zero-order chi connectivity index (χ0) is 21.3. The number of amides is 1. The third kappa shape index (κ3) is 3.63. The second-order valence-electron chi connectivity index (χ2n) is 7.06. The van der Waals surface area contributed by atoms with Crippen LogP contribution in [0.1, 0.15) is 35.2 Å². The van der Waals surface area contributed by atoms with Crippen LogP contribution in [0.5, 0.6) is 5.88 Å². The maximum absolute atomic E-state index is 12.5. The van der Waals surface area contributed by atoms with E-state index in [1.54, 1.807) is 23.9 Å². The Morgan fingerprint density at radius 3 is 2.83 bits per heavy atom. The summed E-state index contributed by atoms with van der Waals surface area (Å²) in [4.78, 5) is 16.8. The van der Waals surface area contributed by atoms with Crippen molar-refractivity contribution in [2.45, 2.75) is 26.5 Å². The van der Waals surface area contributed by atoms with Gasteiger partial charge < -0.3 is 14.8 Å². The van der Waals surface area contributed by atoms with Gasteiger partial charge >= 0.3 is 0 Å². The number of pyridine rings is 1. The number of nitriles is 1. The van der Waals surface area contributed by atoms with Crippen LogP contribution in [0.15, 0.2) is 30.3 Å². The number of anilines is 1. The lowest BCUT2D eigenvalue weighted by Crippen LogP contribution is -2.25. The zero-order valence-corrected chi connectivity index (χ0v) is 17.0. The maximum atomic E-state index is 12.5. The van der Waals surface area contributed by atoms with Gasteiger partial charge in [-0.05, 0) is 43.2 Å². The summed E-state index contributed by atoms with van der Waals surface area (Å²) in [6.45, 7) is 4.40. The van der Waals surface area contributed by atoms with Crippen molar-refractivity contribution in [1.82, 2.24) is 14.8 Å². The van der Waals surface area contributed by atoms with Crippen molar-refractivity contribution in [3.63, 3.8) is 0 Å². The first-order valence-corrected chi connectivity index (χ1v) is 9.55. The van der Waals surface area contributed by atoms with Crippen LogP contribution in [0.3, 0.4) is 0 Å². The molecule has 8 heteroatoms. The van der Waals surface area contributed by atoms with Gasteiger partial charge in [-0.2, -0.15) is 10.4 Å². The smallest absolute Gasteiger partial charge is 0.248 e. The van der Waals surface area contributed by atoms with E-state index in [1.165, 1.54) is 6.08 Å². The highest BCUT2D eigenvalue weighted by atomic mass is 16.5. The molecule has 1 atom stereocenters. The van der Waals surface area contributed by atoms with Crippen molar-refractivity contribution in [3.8, 4) is 11.9 Å². The fraction of sp³-hybridized carbons (Fsp3) is 0.273. The van der Waals surface area contributed by atoms with Crippen LogP contribution in [0.4, 0.5) is 5.69 Å². The summed E-state index contributed by atoms with van der Waals surface area (Å²) < 4.78 is 12.4. The first-order chi connectivity index (χ1) is 14.5. The Hall–Kier alpha value is -3.70. The molecule has 0 radical (unpaired) electrons. The molecular formula is C22H21N5O3. The van der Waals surface area contributed by atoms with Gasteiger partial charge in [0.2, 0.25) is 11.8 Å². The number of nitrogens with zero attached hydrogens (tertiary/aromatic N) is 4. The Morgan fingerprint density at radius 1 is 1.40 bits per heavy atom. The normalized spacial score (nSPS) is 15.7. The number of nitrogens with one attached hydrogen (secondary N) is 1. The Balaban J connectivity index is 1.57. The second-order valence-corrected chi connectivity index (χ2v) is 7.06. The monoisotopic (exact) mass is 403 g/mol. The molecule has 0 aliphatic carbocycles. The number of aromatic nitrogens is 3. The minimum atomic E-state index is -0.262. The number of aryl methyl sites for hydroxylation is 2. The molecule has 0 bridgehead atoms. The highest BCUT2D eigenvalue weighted by Gasteiger charge is 2.24. The lowest BCUT2D eigenvalue weighted by Gasteiger charge is -2.27. The minimum Gasteiger partial charge on any atom is -0.481 e. The minimum absolute atomic E-state index is 0.148. The lowest BCUT2D eigenvalue weighted by molar-refractivity contribution is -0.111. The zero-order valence-electron chi connectivity index (χ0n) is 17.0. The average Bonchev–Trinajstić information content (AvgIpc) is 3.05. The second kappa shape index (κ2) is 7.97. The van der Waals surface area contributed by atoms with E-state index < -0.39 is 0 Å². The van der Waals surface area contributed by atoms with E-state index in [1.807, 2.05) is 32.0 Å². The molecule has 4 rings (SSSR count). The number of benzene rings is 1. The Bertz CT molecular complexity index is 1180. The summed E-state index contributed by atoms with van der Waals surface area (Å²) in [5.74, 6) is 0.248. The number of hydrogen-bond acceptors (Lipinski definition) is 6. The molecular weight excluding hydrogens is 382 g/mol. The van der Waals surface area contributed by atoms with Crippen LogP contribution in [-0.2, 0) is 9.53 Å². The first kappa shape index (κ1) is 19.6. The number of ether oxygens (including phenoxy) is 2. The van der Waals surface area contributed by atoms with E-state index in [0.717, 1.165) is 28.5 Å². The molecule has 1 unspecified atom stereocenters. The molecule has 1 fully saturated rings. The molecule has 1 aliphatic heterocycles. The number of rotatable bonds is 5. The van der Waals surface area contributed by atoms with Gasteiger partial charge in [-0.1, -0.05) is 6.07 Å². The topological polar surface area (TPSA) is 102 Å². The molecule has 3 aromatic rings. The molecule has 2 aromatic heterocycles. The Labute approximate surface area is 173 Å². The Kier molecular flexibility index (Phi) is 5.21. The average molecular weight is 403 g/mol. The SMILES string of the molecule is COc1cc(C)c(NC(=O)/C=C/c2ccc3c(C#N)nn(C4CCO4)c3c2)c(C)n1. The maximum Gasteiger partial charge on any atom is 0.248 e. The first-order valence-electron chi connectivity index (χ1n) is 9.55. The summed E-state index contributed by atoms with van der Waals surface area (Å²) in [6.07, 6.45) is 3.90. The molecule has 8 nitrogen and oxygen atoms in total. The van der Waals surface area contributed by atoms with E-state index in [4.69, 9.17) is 9.47 Å². The molecule has 1 aliphatic rings. The molecule has 0 saturated carbocycles. The van der Waals surface area contributed by atoms with Crippen LogP contribution < -0.4 is 10.1 Å². The Morgan fingerprint density at radius 2 is 2.20 bits per heavy atom. The van der Waals surface area contributed by atoms with Crippen LogP contribution in [0.2, 0.25) is 0 Å². The van der Waals surface area contributed by atoms with Crippen LogP contribution in [0, 0.1) is 25.2 Å². The molecule has 1 N–H and O–H groups in total. The van der Waals surface area contributed by atoms with E-state index in [0.29, 0.717) is 29.6 Å². The van der Waals surface area contributed by atoms with Crippen molar-refractivity contribution >= 4 is 28.6 Å². The standard InChI is InChI=1S/C22H21N5O3/c1-13-10-20(29-3)24-14(2)22(13)25-19(28)7-5-15-4-6-16-17(12-23)26-27(18(16)11-15)21-8-9-30-21/h4-7,10-11,21H,8-9H2,1-3H3,(H,25,28)/b7-5+. The lowest BCUT2D eigenvalue weighted by atomic mass is 10.1. The van der Waals surface area contributed by atoms with Gasteiger partial charge in [0.1, 0.15) is 6.07 Å². The van der Waals surface area contributed by atoms with E-state index in [-0.39, 0.29) is 12.1 Å². The van der Waals surface area contributed by atoms with Crippen LogP contribution >= 0.6 is 0 Å². The van der Waals surface area contributed by atoms with Crippen molar-refractivity contribution in [2.75, 3.05) is 19.0 Å². The van der Waals surface area contributed by atoms with Gasteiger partial charge in [-0.25, -0.2) is 9.67 Å². The van der Waals surface area contributed by atoms with Gasteiger partial charge in [-0.15, -0.1) is 0 Å². The largest absolute Gasteiger partial charge is 0.481 e. The summed E-state index contributed by atoms with van der Waals surface area (Å²) in [5, 5.41) is 17.3. The van der Waals surface area contributed by atoms with Gasteiger partial charge in [-0.3, -0.25) is 4.79 Å². The van der Waals surface area contributed by atoms with Gasteiger partial charge in [0.25, 0.3) is 0 Å². The van der Waals surface area contributed by atoms with Crippen LogP contribution in [-0.4, -0.2) is 34.4 Å². The van der Waals surface area contributed by atoms with Crippen molar-refractivity contribution in [2.24, 2.45) is 0 Å². The third-order valence-corrected chi connectivity index (χ3v) is 5.04. The van der Waals surface area contributed by atoms with Crippen molar-refractivity contribution < 1.29 is 14.3 Å². The number of carbonyl (C=O) groups is 1. The summed E-state index contributed by atoms with van der Waals surface area (Å²) in [7, 11) is 1.56. The van der Waals surface area contributed by atoms with Crippen molar-refractivity contribution in [3.05, 3.63) is 52.9 Å². The predicted molar refractivity (Wildman–Crippen MR) is 112 cm³/mol. The van der Waals surface area contributed by atoms with E-state index in [2.05, 4.69) is 21.5 Å². The van der Waals surface area contributed by atoms with Gasteiger partial charge in [0, 0.05) is 23.9 Å². The fourth-order valence-corrected chi connectivity index (χ4v) is 3.40. The molecule has 3 heterocycles. The van der Waals surface area contributed by atoms with Crippen molar-refractivity contribution in [1.29, 1.82) is 5.26 Å². The highest BCUT2D eigenvalue weighted by Crippen LogP contribution is 2.29. The van der Waals surface area contributed by atoms with Gasteiger partial charge in [0.15, 0.2) is 11.9 Å². The number of carbonyl (C=O) groups excluding carboxylic acids is 1. The molecule has 1 aromatic carbocycles. The van der Waals surface area contributed by atoms with E-state index >= 15 is 0 Å². The van der Waals surface area contributed by atoms with E-state index in [9.17, 15) is 10.1 Å². The quantitative estimate of drug-likeness (QED) is 0.654. The number of fused-ring (bicyclic) bond motifs is 1. The predicted octanol–water partition coefficient (Wildman–Crippen LogP) is 3.50. The molecule has 0 spiro atoms. The molecule has 1 amide bonds. The number of hydrogen-bond donors (Lipinski definition) is 1. The highest BCUT2D eigenvalue weighted by molar-refractivity contribution is 6.03. The summed E-state index contributed by atoms with van der Waals surface area (Å²) >= 11 is 0. The number of methoxy groups -OCH3 is 1. The molecule has 152 valence electrons. The van der Waals surface area contributed by atoms with Gasteiger partial charge in [0.05, 0.1) is 30.6 Å². The molecule has 1 saturated heterocycles. The molecule has 30 heavy (non-hydrogen) atoms. The summed E-state index contributed by atoms with van der Waals surface area (Å²) in [6, 6.07) is 9.50. The summed E-state index contributed by atoms with van der Waals surface area (Å²) in [5.41, 5.74) is 4.22.